The van der Waals surface area contributed by atoms with E-state index < -0.39 is 0 Å². The molecule has 4 nitrogen and oxygen atoms in total. The molecule has 0 aliphatic carbocycles. The van der Waals surface area contributed by atoms with Crippen molar-refractivity contribution in [3.8, 4) is 0 Å². The second-order valence-corrected chi connectivity index (χ2v) is 3.86. The van der Waals surface area contributed by atoms with Gasteiger partial charge in [-0.1, -0.05) is 0 Å². The maximum Gasteiger partial charge on any atom is 0.0558 e. The summed E-state index contributed by atoms with van der Waals surface area (Å²) in [5.41, 5.74) is 2.35. The molecule has 1 rings (SSSR count). The molecule has 1 aromatic heterocycles. The van der Waals surface area contributed by atoms with Crippen molar-refractivity contribution in [3.63, 3.8) is 0 Å². The van der Waals surface area contributed by atoms with E-state index in [0.29, 0.717) is 6.54 Å². The van der Waals surface area contributed by atoms with E-state index >= 15 is 0 Å². The van der Waals surface area contributed by atoms with Crippen LogP contribution in [0.25, 0.3) is 0 Å². The first-order valence-electron chi connectivity index (χ1n) is 5.04. The molecule has 15 heavy (non-hydrogen) atoms. The molecule has 0 fully saturated rings. The van der Waals surface area contributed by atoms with Crippen molar-refractivity contribution in [1.82, 2.24) is 9.88 Å². The summed E-state index contributed by atoms with van der Waals surface area (Å²) in [5.74, 6) is 0. The zero-order chi connectivity index (χ0) is 11.3. The largest absolute Gasteiger partial charge is 0.395 e. The zero-order valence-corrected chi connectivity index (χ0v) is 9.64. The summed E-state index contributed by atoms with van der Waals surface area (Å²) in [5, 5.41) is 8.83. The predicted octanol–water partition coefficient (Wildman–Crippen LogP) is 0.572. The van der Waals surface area contributed by atoms with Crippen molar-refractivity contribution in [2.75, 3.05) is 39.2 Å². The van der Waals surface area contributed by atoms with Crippen LogP contribution in [-0.2, 0) is 6.54 Å². The third-order valence-electron chi connectivity index (χ3n) is 2.28. The minimum absolute atomic E-state index is 0.189. The van der Waals surface area contributed by atoms with E-state index in [2.05, 4.69) is 14.8 Å². The van der Waals surface area contributed by atoms with Gasteiger partial charge < -0.3 is 10.0 Å². The second kappa shape index (κ2) is 5.68. The first-order chi connectivity index (χ1) is 7.15. The topological polar surface area (TPSA) is 39.6 Å². The monoisotopic (exact) mass is 209 g/mol. The summed E-state index contributed by atoms with van der Waals surface area (Å²) in [6.45, 7) is 1.68. The Hall–Kier alpha value is -1.13. The number of nitrogens with zero attached hydrogens (tertiary/aromatic N) is 3. The average molecular weight is 209 g/mol. The van der Waals surface area contributed by atoms with Crippen LogP contribution < -0.4 is 4.90 Å². The molecule has 0 aromatic carbocycles. The number of pyridine rings is 1. The van der Waals surface area contributed by atoms with E-state index in [-0.39, 0.29) is 6.61 Å². The van der Waals surface area contributed by atoms with Crippen LogP contribution in [0.4, 0.5) is 5.69 Å². The average Bonchev–Trinajstić information content (AvgIpc) is 2.18. The number of likely N-dealkylation sites (N-methyl/N-ethyl adjacent to an activating group) is 1. The molecule has 0 unspecified atom stereocenters. The van der Waals surface area contributed by atoms with Gasteiger partial charge in [0.1, 0.15) is 0 Å². The van der Waals surface area contributed by atoms with E-state index in [1.165, 1.54) is 11.3 Å². The molecule has 84 valence electrons. The molecule has 1 heterocycles. The second-order valence-electron chi connectivity index (χ2n) is 3.86. The van der Waals surface area contributed by atoms with Gasteiger partial charge in [-0.2, -0.15) is 0 Å². The molecule has 0 aliphatic heterocycles. The highest BCUT2D eigenvalue weighted by molar-refractivity contribution is 5.50. The Bertz CT molecular complexity index is 302. The Morgan fingerprint density at radius 1 is 1.33 bits per heavy atom. The molecule has 4 heteroatoms. The van der Waals surface area contributed by atoms with Crippen molar-refractivity contribution in [3.05, 3.63) is 24.0 Å². The maximum atomic E-state index is 8.83. The molecule has 1 aromatic rings. The number of aliphatic hydroxyl groups excluding tert-OH is 1. The Labute approximate surface area is 91.2 Å². The number of hydrogen-bond donors (Lipinski definition) is 1. The summed E-state index contributed by atoms with van der Waals surface area (Å²) in [6, 6.07) is 2.00. The standard InChI is InChI=1S/C11H19N3O/c1-13(2)11-4-5-12-8-10(11)9-14(3)6-7-15/h4-5,8,15H,6-7,9H2,1-3H3. The van der Waals surface area contributed by atoms with Crippen LogP contribution in [0.2, 0.25) is 0 Å². The molecule has 0 bridgehead atoms. The van der Waals surface area contributed by atoms with Crippen LogP contribution in [0, 0.1) is 0 Å². The maximum absolute atomic E-state index is 8.83. The highest BCUT2D eigenvalue weighted by Gasteiger charge is 2.06. The van der Waals surface area contributed by atoms with Crippen molar-refractivity contribution in [1.29, 1.82) is 0 Å². The number of aliphatic hydroxyl groups is 1. The molecule has 0 aliphatic rings. The van der Waals surface area contributed by atoms with Crippen molar-refractivity contribution < 1.29 is 5.11 Å². The Morgan fingerprint density at radius 2 is 2.07 bits per heavy atom. The number of hydrogen-bond acceptors (Lipinski definition) is 4. The van der Waals surface area contributed by atoms with Gasteiger partial charge in [-0.15, -0.1) is 0 Å². The number of aromatic nitrogens is 1. The lowest BCUT2D eigenvalue weighted by Gasteiger charge is -2.20. The van der Waals surface area contributed by atoms with E-state index in [1.54, 1.807) is 6.20 Å². The third-order valence-corrected chi connectivity index (χ3v) is 2.28. The van der Waals surface area contributed by atoms with Gasteiger partial charge in [0.25, 0.3) is 0 Å². The molecule has 0 saturated carbocycles. The van der Waals surface area contributed by atoms with Crippen LogP contribution in [0.5, 0.6) is 0 Å². The fourth-order valence-electron chi connectivity index (χ4n) is 1.52. The molecule has 1 N–H and O–H groups in total. The van der Waals surface area contributed by atoms with Gasteiger partial charge in [-0.25, -0.2) is 0 Å². The van der Waals surface area contributed by atoms with Gasteiger partial charge in [0.15, 0.2) is 0 Å². The van der Waals surface area contributed by atoms with Crippen molar-refractivity contribution in [2.45, 2.75) is 6.54 Å². The van der Waals surface area contributed by atoms with E-state index in [1.807, 2.05) is 33.4 Å². The summed E-state index contributed by atoms with van der Waals surface area (Å²) in [6.07, 6.45) is 3.67. The smallest absolute Gasteiger partial charge is 0.0558 e. The summed E-state index contributed by atoms with van der Waals surface area (Å²) >= 11 is 0. The van der Waals surface area contributed by atoms with Gasteiger partial charge in [0, 0.05) is 50.8 Å². The van der Waals surface area contributed by atoms with Crippen LogP contribution in [0.1, 0.15) is 5.56 Å². The molecule has 0 spiro atoms. The van der Waals surface area contributed by atoms with Gasteiger partial charge >= 0.3 is 0 Å². The Morgan fingerprint density at radius 3 is 2.67 bits per heavy atom. The quantitative estimate of drug-likeness (QED) is 0.769. The fourth-order valence-corrected chi connectivity index (χ4v) is 1.52. The van der Waals surface area contributed by atoms with Gasteiger partial charge in [0.2, 0.25) is 0 Å². The number of rotatable bonds is 5. The molecular weight excluding hydrogens is 190 g/mol. The molecular formula is C11H19N3O. The lowest BCUT2D eigenvalue weighted by Crippen LogP contribution is -2.23. The first-order valence-corrected chi connectivity index (χ1v) is 5.04. The van der Waals surface area contributed by atoms with Crippen LogP contribution in [-0.4, -0.2) is 49.3 Å². The highest BCUT2D eigenvalue weighted by atomic mass is 16.3. The SMILES string of the molecule is CN(CCO)Cc1cnccc1N(C)C. The van der Waals surface area contributed by atoms with Gasteiger partial charge in [0.05, 0.1) is 6.61 Å². The minimum Gasteiger partial charge on any atom is -0.395 e. The first kappa shape index (κ1) is 11.9. The van der Waals surface area contributed by atoms with Gasteiger partial charge in [-0.3, -0.25) is 9.88 Å². The van der Waals surface area contributed by atoms with Crippen LogP contribution in [0.3, 0.4) is 0 Å². The molecule has 0 atom stereocenters. The van der Waals surface area contributed by atoms with Gasteiger partial charge in [-0.05, 0) is 13.1 Å². The number of anilines is 1. The fraction of sp³-hybridized carbons (Fsp3) is 0.545. The zero-order valence-electron chi connectivity index (χ0n) is 9.64. The Kier molecular flexibility index (Phi) is 4.52. The van der Waals surface area contributed by atoms with E-state index in [0.717, 1.165) is 6.54 Å². The summed E-state index contributed by atoms with van der Waals surface area (Å²) in [7, 11) is 6.03. The predicted molar refractivity (Wildman–Crippen MR) is 62.0 cm³/mol. The molecule has 0 saturated heterocycles. The lowest BCUT2D eigenvalue weighted by atomic mass is 10.2. The van der Waals surface area contributed by atoms with E-state index in [9.17, 15) is 0 Å². The molecule has 0 radical (unpaired) electrons. The minimum atomic E-state index is 0.189. The summed E-state index contributed by atoms with van der Waals surface area (Å²) < 4.78 is 0. The molecule has 0 amide bonds. The highest BCUT2D eigenvalue weighted by Crippen LogP contribution is 2.17. The van der Waals surface area contributed by atoms with E-state index in [4.69, 9.17) is 5.11 Å². The van der Waals surface area contributed by atoms with Crippen LogP contribution in [0.15, 0.2) is 18.5 Å². The van der Waals surface area contributed by atoms with Crippen molar-refractivity contribution >= 4 is 5.69 Å². The van der Waals surface area contributed by atoms with Crippen molar-refractivity contribution in [2.24, 2.45) is 0 Å². The third kappa shape index (κ3) is 3.49. The summed E-state index contributed by atoms with van der Waals surface area (Å²) in [4.78, 5) is 8.27. The normalized spacial score (nSPS) is 10.7. The van der Waals surface area contributed by atoms with Crippen LogP contribution >= 0.6 is 0 Å². The Balaban J connectivity index is 2.75. The lowest BCUT2D eigenvalue weighted by molar-refractivity contribution is 0.217.